The summed E-state index contributed by atoms with van der Waals surface area (Å²) in [5, 5.41) is 3.39. The summed E-state index contributed by atoms with van der Waals surface area (Å²) in [5.74, 6) is 0. The summed E-state index contributed by atoms with van der Waals surface area (Å²) in [4.78, 5) is 5.63. The van der Waals surface area contributed by atoms with E-state index >= 15 is 0 Å². The number of aryl methyl sites for hydroxylation is 2. The maximum Gasteiger partial charge on any atom is 0.0329 e. The van der Waals surface area contributed by atoms with Crippen molar-refractivity contribution in [2.75, 3.05) is 26.2 Å². The molecular weight excluding hydrogens is 204 g/mol. The molecule has 0 aromatic carbocycles. The average Bonchev–Trinajstić information content (AvgIpc) is 2.60. The van der Waals surface area contributed by atoms with Crippen molar-refractivity contribution < 1.29 is 0 Å². The van der Waals surface area contributed by atoms with Crippen LogP contribution < -0.4 is 5.32 Å². The van der Waals surface area contributed by atoms with Crippen LogP contribution in [0.25, 0.3) is 0 Å². The normalized spacial score (nSPS) is 18.3. The molecule has 1 aliphatic heterocycles. The molecule has 0 spiro atoms. The zero-order valence-electron chi connectivity index (χ0n) is 9.68. The number of rotatable bonds is 3. The molecule has 3 heteroatoms. The summed E-state index contributed by atoms with van der Waals surface area (Å²) >= 11 is 1.99. The summed E-state index contributed by atoms with van der Waals surface area (Å²) in [5.41, 5.74) is 1.48. The van der Waals surface area contributed by atoms with E-state index in [0.29, 0.717) is 0 Å². The smallest absolute Gasteiger partial charge is 0.0329 e. The average molecular weight is 224 g/mol. The Hall–Kier alpha value is -0.380. The van der Waals surface area contributed by atoms with Gasteiger partial charge in [0.1, 0.15) is 0 Å². The van der Waals surface area contributed by atoms with Crippen molar-refractivity contribution in [2.24, 2.45) is 0 Å². The molecule has 0 saturated carbocycles. The Kier molecular flexibility index (Phi) is 3.78. The molecule has 0 radical (unpaired) electrons. The highest BCUT2D eigenvalue weighted by molar-refractivity contribution is 7.12. The Labute approximate surface area is 96.3 Å². The monoisotopic (exact) mass is 224 g/mol. The number of hydrogen-bond acceptors (Lipinski definition) is 3. The zero-order chi connectivity index (χ0) is 10.7. The molecule has 0 unspecified atom stereocenters. The quantitative estimate of drug-likeness (QED) is 0.845. The van der Waals surface area contributed by atoms with Crippen LogP contribution in [-0.4, -0.2) is 31.1 Å². The lowest BCUT2D eigenvalue weighted by atomic mass is 10.2. The van der Waals surface area contributed by atoms with Crippen molar-refractivity contribution in [1.82, 2.24) is 10.2 Å². The highest BCUT2D eigenvalue weighted by Crippen LogP contribution is 2.23. The minimum Gasteiger partial charge on any atom is -0.314 e. The predicted molar refractivity (Wildman–Crippen MR) is 66.6 cm³/mol. The molecule has 1 aromatic rings. The first-order valence-electron chi connectivity index (χ1n) is 5.81. The van der Waals surface area contributed by atoms with Gasteiger partial charge < -0.3 is 5.32 Å². The van der Waals surface area contributed by atoms with Crippen LogP contribution in [0.5, 0.6) is 0 Å². The molecule has 1 aliphatic rings. The van der Waals surface area contributed by atoms with Crippen molar-refractivity contribution in [1.29, 1.82) is 0 Å². The van der Waals surface area contributed by atoms with Crippen LogP contribution in [0, 0.1) is 6.92 Å². The molecule has 84 valence electrons. The molecular formula is C12H20N2S. The van der Waals surface area contributed by atoms with Gasteiger partial charge in [0.2, 0.25) is 0 Å². The number of hydrogen-bond donors (Lipinski definition) is 1. The Bertz CT molecular complexity index is 313. The molecule has 0 aliphatic carbocycles. The highest BCUT2D eigenvalue weighted by atomic mass is 32.1. The fourth-order valence-electron chi connectivity index (χ4n) is 2.11. The first kappa shape index (κ1) is 11.1. The van der Waals surface area contributed by atoms with E-state index in [-0.39, 0.29) is 0 Å². The number of nitrogens with zero attached hydrogens (tertiary/aromatic N) is 1. The second kappa shape index (κ2) is 5.10. The SMILES string of the molecule is CCc1sc(CN2CCNCC2)cc1C. The van der Waals surface area contributed by atoms with Crippen LogP contribution in [0.4, 0.5) is 0 Å². The first-order chi connectivity index (χ1) is 7.29. The van der Waals surface area contributed by atoms with Gasteiger partial charge in [-0.3, -0.25) is 4.90 Å². The van der Waals surface area contributed by atoms with E-state index in [9.17, 15) is 0 Å². The lowest BCUT2D eigenvalue weighted by Gasteiger charge is -2.26. The number of thiophene rings is 1. The van der Waals surface area contributed by atoms with Gasteiger partial charge in [0.15, 0.2) is 0 Å². The van der Waals surface area contributed by atoms with E-state index in [1.807, 2.05) is 11.3 Å². The number of nitrogens with one attached hydrogen (secondary N) is 1. The lowest BCUT2D eigenvalue weighted by Crippen LogP contribution is -2.42. The zero-order valence-corrected chi connectivity index (χ0v) is 10.5. The third kappa shape index (κ3) is 2.80. The largest absolute Gasteiger partial charge is 0.314 e. The summed E-state index contributed by atoms with van der Waals surface area (Å²) in [7, 11) is 0. The van der Waals surface area contributed by atoms with Crippen LogP contribution in [0.2, 0.25) is 0 Å². The van der Waals surface area contributed by atoms with E-state index in [1.165, 1.54) is 30.0 Å². The van der Waals surface area contributed by atoms with Crippen molar-refractivity contribution in [3.05, 3.63) is 21.4 Å². The molecule has 1 aromatic heterocycles. The fourth-order valence-corrected chi connectivity index (χ4v) is 3.27. The van der Waals surface area contributed by atoms with Crippen LogP contribution in [0.15, 0.2) is 6.07 Å². The van der Waals surface area contributed by atoms with E-state index in [2.05, 4.69) is 30.1 Å². The van der Waals surface area contributed by atoms with E-state index < -0.39 is 0 Å². The standard InChI is InChI=1S/C12H20N2S/c1-3-12-10(2)8-11(15-12)9-14-6-4-13-5-7-14/h8,13H,3-7,9H2,1-2H3. The topological polar surface area (TPSA) is 15.3 Å². The van der Waals surface area contributed by atoms with Crippen LogP contribution in [-0.2, 0) is 13.0 Å². The Morgan fingerprint density at radius 3 is 2.73 bits per heavy atom. The molecule has 2 rings (SSSR count). The van der Waals surface area contributed by atoms with E-state index in [0.717, 1.165) is 19.6 Å². The van der Waals surface area contributed by atoms with Gasteiger partial charge in [-0.2, -0.15) is 0 Å². The molecule has 1 N–H and O–H groups in total. The molecule has 1 fully saturated rings. The van der Waals surface area contributed by atoms with Crippen LogP contribution in [0.3, 0.4) is 0 Å². The van der Waals surface area contributed by atoms with Crippen molar-refractivity contribution in [3.63, 3.8) is 0 Å². The first-order valence-corrected chi connectivity index (χ1v) is 6.62. The van der Waals surface area contributed by atoms with Gasteiger partial charge in [-0.05, 0) is 25.0 Å². The molecule has 2 nitrogen and oxygen atoms in total. The van der Waals surface area contributed by atoms with Gasteiger partial charge in [-0.1, -0.05) is 6.92 Å². The molecule has 0 bridgehead atoms. The maximum absolute atomic E-state index is 3.39. The van der Waals surface area contributed by atoms with Crippen molar-refractivity contribution in [3.8, 4) is 0 Å². The molecule has 2 heterocycles. The Morgan fingerprint density at radius 1 is 1.40 bits per heavy atom. The summed E-state index contributed by atoms with van der Waals surface area (Å²) < 4.78 is 0. The van der Waals surface area contributed by atoms with Crippen LogP contribution >= 0.6 is 11.3 Å². The third-order valence-corrected chi connectivity index (χ3v) is 4.35. The summed E-state index contributed by atoms with van der Waals surface area (Å²) in [6.07, 6.45) is 1.18. The highest BCUT2D eigenvalue weighted by Gasteiger charge is 2.11. The second-order valence-corrected chi connectivity index (χ2v) is 5.42. The maximum atomic E-state index is 3.39. The van der Waals surface area contributed by atoms with E-state index in [1.54, 1.807) is 4.88 Å². The third-order valence-electron chi connectivity index (χ3n) is 2.98. The minimum atomic E-state index is 1.14. The summed E-state index contributed by atoms with van der Waals surface area (Å²) in [6.45, 7) is 10.3. The Morgan fingerprint density at radius 2 is 2.13 bits per heavy atom. The van der Waals surface area contributed by atoms with Gasteiger partial charge in [-0.15, -0.1) is 11.3 Å². The van der Waals surface area contributed by atoms with Gasteiger partial charge in [-0.25, -0.2) is 0 Å². The van der Waals surface area contributed by atoms with E-state index in [4.69, 9.17) is 0 Å². The van der Waals surface area contributed by atoms with Gasteiger partial charge in [0.05, 0.1) is 0 Å². The van der Waals surface area contributed by atoms with Crippen molar-refractivity contribution >= 4 is 11.3 Å². The molecule has 1 saturated heterocycles. The van der Waals surface area contributed by atoms with Gasteiger partial charge >= 0.3 is 0 Å². The van der Waals surface area contributed by atoms with Gasteiger partial charge in [0.25, 0.3) is 0 Å². The second-order valence-electron chi connectivity index (χ2n) is 4.20. The molecule has 0 amide bonds. The lowest BCUT2D eigenvalue weighted by molar-refractivity contribution is 0.235. The molecule has 15 heavy (non-hydrogen) atoms. The Balaban J connectivity index is 1.97. The van der Waals surface area contributed by atoms with Crippen molar-refractivity contribution in [2.45, 2.75) is 26.8 Å². The molecule has 0 atom stereocenters. The number of piperazine rings is 1. The van der Waals surface area contributed by atoms with Gasteiger partial charge in [0, 0.05) is 42.5 Å². The minimum absolute atomic E-state index is 1.14. The summed E-state index contributed by atoms with van der Waals surface area (Å²) in [6, 6.07) is 2.37. The van der Waals surface area contributed by atoms with Crippen LogP contribution in [0.1, 0.15) is 22.2 Å². The fraction of sp³-hybridized carbons (Fsp3) is 0.667. The predicted octanol–water partition coefficient (Wildman–Crippen LogP) is 2.02.